The largest absolute Gasteiger partial charge is 0.419 e. The second-order valence-electron chi connectivity index (χ2n) is 4.69. The molecule has 0 fully saturated rings. The molecule has 0 bridgehead atoms. The van der Waals surface area contributed by atoms with Gasteiger partial charge in [0.15, 0.2) is 0 Å². The highest BCUT2D eigenvalue weighted by Gasteiger charge is 2.36. The molecular formula is C15H8F7NO. The van der Waals surface area contributed by atoms with Crippen molar-refractivity contribution in [2.24, 2.45) is 0 Å². The van der Waals surface area contributed by atoms with Gasteiger partial charge in [0.05, 0.1) is 16.7 Å². The summed E-state index contributed by atoms with van der Waals surface area (Å²) in [6.07, 6.45) is -9.82. The molecule has 0 atom stereocenters. The van der Waals surface area contributed by atoms with Gasteiger partial charge in [-0.15, -0.1) is 0 Å². The van der Waals surface area contributed by atoms with Gasteiger partial charge in [-0.05, 0) is 30.3 Å². The summed E-state index contributed by atoms with van der Waals surface area (Å²) in [6.45, 7) is 0. The van der Waals surface area contributed by atoms with Crippen LogP contribution in [0.1, 0.15) is 21.5 Å². The summed E-state index contributed by atoms with van der Waals surface area (Å²) in [5.41, 5.74) is -4.11. The number of carbonyl (C=O) groups is 1. The first-order valence-corrected chi connectivity index (χ1v) is 6.34. The molecule has 0 unspecified atom stereocenters. The Hall–Kier alpha value is -2.58. The predicted octanol–water partition coefficient (Wildman–Crippen LogP) is 5.12. The van der Waals surface area contributed by atoms with Gasteiger partial charge in [0.25, 0.3) is 5.91 Å². The maximum Gasteiger partial charge on any atom is 0.419 e. The lowest BCUT2D eigenvalue weighted by Gasteiger charge is -2.14. The molecule has 1 amide bonds. The van der Waals surface area contributed by atoms with Crippen LogP contribution in [0, 0.1) is 5.82 Å². The van der Waals surface area contributed by atoms with Gasteiger partial charge >= 0.3 is 12.4 Å². The van der Waals surface area contributed by atoms with Crippen LogP contribution in [-0.2, 0) is 12.4 Å². The Morgan fingerprint density at radius 2 is 1.42 bits per heavy atom. The molecule has 0 radical (unpaired) electrons. The number of anilines is 1. The maximum atomic E-state index is 13.2. The van der Waals surface area contributed by atoms with E-state index in [1.807, 2.05) is 5.32 Å². The van der Waals surface area contributed by atoms with Crippen LogP contribution >= 0.6 is 0 Å². The first-order valence-electron chi connectivity index (χ1n) is 6.34. The summed E-state index contributed by atoms with van der Waals surface area (Å²) in [7, 11) is 0. The summed E-state index contributed by atoms with van der Waals surface area (Å²) >= 11 is 0. The van der Waals surface area contributed by atoms with Gasteiger partial charge in [-0.2, -0.15) is 26.3 Å². The van der Waals surface area contributed by atoms with Crippen molar-refractivity contribution in [3.8, 4) is 0 Å². The summed E-state index contributed by atoms with van der Waals surface area (Å²) in [6, 6.07) is 5.39. The van der Waals surface area contributed by atoms with Crippen molar-refractivity contribution in [2.75, 3.05) is 5.32 Å². The number of hydrogen-bond acceptors (Lipinski definition) is 1. The second kappa shape index (κ2) is 6.14. The molecular weight excluding hydrogens is 343 g/mol. The van der Waals surface area contributed by atoms with Gasteiger partial charge in [0, 0.05) is 5.69 Å². The minimum Gasteiger partial charge on any atom is -0.322 e. The van der Waals surface area contributed by atoms with E-state index >= 15 is 0 Å². The molecule has 2 rings (SSSR count). The second-order valence-corrected chi connectivity index (χ2v) is 4.69. The number of halogens is 7. The smallest absolute Gasteiger partial charge is 0.322 e. The average molecular weight is 351 g/mol. The number of hydrogen-bond donors (Lipinski definition) is 1. The molecule has 2 aromatic rings. The fourth-order valence-corrected chi connectivity index (χ4v) is 1.95. The summed E-state index contributed by atoms with van der Waals surface area (Å²) in [5.74, 6) is -2.82. The molecule has 0 aliphatic heterocycles. The van der Waals surface area contributed by atoms with E-state index in [1.54, 1.807) is 0 Å². The van der Waals surface area contributed by atoms with Crippen LogP contribution in [0.15, 0.2) is 42.5 Å². The van der Waals surface area contributed by atoms with Crippen LogP contribution in [0.2, 0.25) is 0 Å². The molecule has 128 valence electrons. The zero-order valence-corrected chi connectivity index (χ0v) is 11.6. The number of amides is 1. The van der Waals surface area contributed by atoms with Crippen molar-refractivity contribution in [3.63, 3.8) is 0 Å². The minimum atomic E-state index is -5.01. The predicted molar refractivity (Wildman–Crippen MR) is 70.8 cm³/mol. The molecule has 2 aromatic carbocycles. The number of rotatable bonds is 2. The SMILES string of the molecule is O=C(Nc1ccc(F)c(C(F)(F)F)c1)c1ccccc1C(F)(F)F. The summed E-state index contributed by atoms with van der Waals surface area (Å²) < 4.78 is 89.5. The van der Waals surface area contributed by atoms with E-state index in [4.69, 9.17) is 0 Å². The minimum absolute atomic E-state index is 0.309. The highest BCUT2D eigenvalue weighted by molar-refractivity contribution is 6.05. The first-order chi connectivity index (χ1) is 11.0. The van der Waals surface area contributed by atoms with Gasteiger partial charge in [-0.3, -0.25) is 4.79 Å². The number of alkyl halides is 6. The molecule has 0 spiro atoms. The summed E-state index contributed by atoms with van der Waals surface area (Å²) in [5, 5.41) is 1.90. The Balaban J connectivity index is 2.35. The third-order valence-electron chi connectivity index (χ3n) is 3.01. The van der Waals surface area contributed by atoms with Crippen LogP contribution in [0.25, 0.3) is 0 Å². The maximum absolute atomic E-state index is 13.2. The molecule has 0 saturated carbocycles. The van der Waals surface area contributed by atoms with Crippen molar-refractivity contribution >= 4 is 11.6 Å². The number of benzene rings is 2. The number of carbonyl (C=O) groups excluding carboxylic acids is 1. The van der Waals surface area contributed by atoms with Crippen molar-refractivity contribution in [3.05, 3.63) is 65.0 Å². The van der Waals surface area contributed by atoms with E-state index in [0.717, 1.165) is 18.2 Å². The topological polar surface area (TPSA) is 29.1 Å². The first kappa shape index (κ1) is 17.8. The zero-order valence-electron chi connectivity index (χ0n) is 11.6. The highest BCUT2D eigenvalue weighted by Crippen LogP contribution is 2.34. The van der Waals surface area contributed by atoms with Crippen molar-refractivity contribution in [1.29, 1.82) is 0 Å². The normalized spacial score (nSPS) is 12.1. The van der Waals surface area contributed by atoms with Crippen molar-refractivity contribution in [2.45, 2.75) is 12.4 Å². The lowest BCUT2D eigenvalue weighted by molar-refractivity contribution is -0.140. The molecule has 0 aromatic heterocycles. The number of nitrogens with one attached hydrogen (secondary N) is 1. The van der Waals surface area contributed by atoms with E-state index in [-0.39, 0.29) is 0 Å². The summed E-state index contributed by atoms with van der Waals surface area (Å²) in [4.78, 5) is 11.9. The molecule has 2 nitrogen and oxygen atoms in total. The Labute approximate surface area is 130 Å². The Kier molecular flexibility index (Phi) is 4.54. The zero-order chi connectivity index (χ0) is 18.1. The van der Waals surface area contributed by atoms with Crippen molar-refractivity contribution in [1.82, 2.24) is 0 Å². The standard InChI is InChI=1S/C15H8F7NO/c16-12-6-5-8(7-11(12)15(20,21)22)23-13(24)9-3-1-2-4-10(9)14(17,18)19/h1-7H,(H,23,24). The van der Waals surface area contributed by atoms with E-state index < -0.39 is 46.5 Å². The molecule has 0 aliphatic rings. The van der Waals surface area contributed by atoms with Gasteiger partial charge in [0.1, 0.15) is 5.82 Å². The molecule has 9 heteroatoms. The van der Waals surface area contributed by atoms with E-state index in [9.17, 15) is 35.5 Å². The van der Waals surface area contributed by atoms with E-state index in [1.165, 1.54) is 6.07 Å². The lowest BCUT2D eigenvalue weighted by atomic mass is 10.1. The molecule has 0 aliphatic carbocycles. The monoisotopic (exact) mass is 351 g/mol. The van der Waals surface area contributed by atoms with Crippen LogP contribution < -0.4 is 5.32 Å². The van der Waals surface area contributed by atoms with Crippen LogP contribution in [0.3, 0.4) is 0 Å². The average Bonchev–Trinajstić information content (AvgIpc) is 2.47. The van der Waals surface area contributed by atoms with Crippen LogP contribution in [-0.4, -0.2) is 5.91 Å². The third kappa shape index (κ3) is 3.84. The van der Waals surface area contributed by atoms with Crippen LogP contribution in [0.4, 0.5) is 36.4 Å². The van der Waals surface area contributed by atoms with E-state index in [0.29, 0.717) is 18.2 Å². The van der Waals surface area contributed by atoms with Crippen molar-refractivity contribution < 1.29 is 35.5 Å². The third-order valence-corrected chi connectivity index (χ3v) is 3.01. The quantitative estimate of drug-likeness (QED) is 0.748. The fraction of sp³-hybridized carbons (Fsp3) is 0.133. The fourth-order valence-electron chi connectivity index (χ4n) is 1.95. The van der Waals surface area contributed by atoms with Crippen LogP contribution in [0.5, 0.6) is 0 Å². The lowest BCUT2D eigenvalue weighted by Crippen LogP contribution is -2.19. The Bertz CT molecular complexity index is 765. The molecule has 24 heavy (non-hydrogen) atoms. The Morgan fingerprint density at radius 1 is 0.833 bits per heavy atom. The molecule has 0 saturated heterocycles. The Morgan fingerprint density at radius 3 is 2.00 bits per heavy atom. The van der Waals surface area contributed by atoms with E-state index in [2.05, 4.69) is 0 Å². The van der Waals surface area contributed by atoms with Gasteiger partial charge in [0.2, 0.25) is 0 Å². The van der Waals surface area contributed by atoms with Gasteiger partial charge < -0.3 is 5.32 Å². The highest BCUT2D eigenvalue weighted by atomic mass is 19.4. The molecule has 0 heterocycles. The molecule has 1 N–H and O–H groups in total. The van der Waals surface area contributed by atoms with Gasteiger partial charge in [-0.25, -0.2) is 4.39 Å². The van der Waals surface area contributed by atoms with Gasteiger partial charge in [-0.1, -0.05) is 12.1 Å².